The summed E-state index contributed by atoms with van der Waals surface area (Å²) in [7, 11) is -0.824. The standard InChI is InChI=1S/C26H37B2O4/c1-16-11-18(3)22(19(4)12-16)24(30-28-31-25(7,8)26(9,10)32-28)27(15-29)23-20(5)13-17(2)14-21(23)6/h11-14,29H,15H2,1-10H3/q-1/p+1/i15+1,24+1. The van der Waals surface area contributed by atoms with Gasteiger partial charge < -0.3 is 19.1 Å². The maximum atomic E-state index is 8.55. The van der Waals surface area contributed by atoms with Crippen molar-refractivity contribution in [2.45, 2.75) is 80.4 Å². The van der Waals surface area contributed by atoms with Gasteiger partial charge in [0.1, 0.15) is 0 Å². The van der Waals surface area contributed by atoms with Gasteiger partial charge in [0.25, 0.3) is 0 Å². The van der Waals surface area contributed by atoms with Gasteiger partial charge in [0.05, 0.1) is 11.2 Å². The van der Waals surface area contributed by atoms with Gasteiger partial charge in [-0.15, -0.1) is 0 Å². The van der Waals surface area contributed by atoms with E-state index >= 15 is 0 Å². The summed E-state index contributed by atoms with van der Waals surface area (Å²) in [5.41, 5.74) is 9.02. The molecule has 0 bridgehead atoms. The van der Waals surface area contributed by atoms with Gasteiger partial charge in [-0.25, -0.2) is 5.46 Å². The maximum Gasteiger partial charge on any atom is 0.710 e. The molecule has 1 aliphatic rings. The Bertz CT molecular complexity index is 1010. The van der Waals surface area contributed by atoms with Crippen molar-refractivity contribution in [2.24, 2.45) is 0 Å². The van der Waals surface area contributed by atoms with Crippen molar-refractivity contribution in [3.05, 3.63) is 63.2 Å². The summed E-state index contributed by atoms with van der Waals surface area (Å²) in [6.45, 7) is 20.9. The van der Waals surface area contributed by atoms with Crippen LogP contribution in [0.25, 0.3) is 0 Å². The average molecular weight is 438 g/mol. The minimum atomic E-state index is -0.824. The van der Waals surface area contributed by atoms with E-state index in [-0.39, 0.29) is 12.9 Å². The van der Waals surface area contributed by atoms with Crippen molar-refractivity contribution in [3.63, 3.8) is 0 Å². The fourth-order valence-corrected chi connectivity index (χ4v) is 4.89. The zero-order chi connectivity index (χ0) is 24.0. The van der Waals surface area contributed by atoms with Gasteiger partial charge in [-0.3, -0.25) is 0 Å². The van der Waals surface area contributed by atoms with E-state index in [9.17, 15) is 0 Å². The van der Waals surface area contributed by atoms with Gasteiger partial charge >= 0.3 is 7.32 Å². The molecule has 1 aliphatic heterocycles. The van der Waals surface area contributed by atoms with E-state index in [1.54, 1.807) is 0 Å². The van der Waals surface area contributed by atoms with Crippen LogP contribution in [0.3, 0.4) is 0 Å². The van der Waals surface area contributed by atoms with Crippen molar-refractivity contribution < 1.29 is 19.1 Å². The van der Waals surface area contributed by atoms with Gasteiger partial charge in [-0.2, -0.15) is 0 Å². The number of hydrogen-bond acceptors (Lipinski definition) is 3. The van der Waals surface area contributed by atoms with Crippen LogP contribution in [0.2, 0.25) is 0 Å². The second-order valence-electron chi connectivity index (χ2n) is 10.4. The molecule has 0 unspecified atom stereocenters. The van der Waals surface area contributed by atoms with E-state index in [2.05, 4.69) is 65.8 Å². The molecular formula is C26H38B2O4. The first kappa shape index (κ1) is 24.8. The van der Waals surface area contributed by atoms with Crippen LogP contribution in [0.4, 0.5) is 0 Å². The van der Waals surface area contributed by atoms with Crippen LogP contribution in [-0.4, -0.2) is 42.1 Å². The largest absolute Gasteiger partial charge is 0.710 e. The van der Waals surface area contributed by atoms with Crippen LogP contribution in [0, 0.1) is 41.5 Å². The van der Waals surface area contributed by atoms with Crippen LogP contribution in [0.15, 0.2) is 24.3 Å². The third-order valence-corrected chi connectivity index (χ3v) is 6.99. The molecule has 2 N–H and O–H groups in total. The molecule has 2 aromatic carbocycles. The normalized spacial score (nSPS) is 18.0. The highest BCUT2D eigenvalue weighted by molar-refractivity contribution is 6.84. The Morgan fingerprint density at radius 3 is 1.62 bits per heavy atom. The molecule has 0 saturated carbocycles. The third-order valence-electron chi connectivity index (χ3n) is 6.99. The SMILES string of the molecule is Cc1cc(C)c([B-]([13CH2][OH2+])=[13C](OB2OC(C)(C)C(C)(C)O2)c2c(C)cc(C)cc2C)c(C)c1. The third kappa shape index (κ3) is 4.59. The van der Waals surface area contributed by atoms with Crippen LogP contribution in [0.1, 0.15) is 66.6 Å². The molecule has 1 saturated heterocycles. The molecule has 2 aromatic rings. The molecule has 172 valence electrons. The molecule has 32 heavy (non-hydrogen) atoms. The Hall–Kier alpha value is -1.88. The monoisotopic (exact) mass is 438 g/mol. The van der Waals surface area contributed by atoms with Gasteiger partial charge in [-0.1, -0.05) is 52.2 Å². The quantitative estimate of drug-likeness (QED) is 0.405. The Balaban J connectivity index is 2.26. The average Bonchev–Trinajstić information content (AvgIpc) is 2.82. The summed E-state index contributed by atoms with van der Waals surface area (Å²) in [6.07, 6.45) is -0.227. The minimum Gasteiger partial charge on any atom is -0.554 e. The Morgan fingerprint density at radius 2 is 1.22 bits per heavy atom. The smallest absolute Gasteiger partial charge is 0.554 e. The molecule has 4 nitrogen and oxygen atoms in total. The summed E-state index contributed by atoms with van der Waals surface area (Å²) in [4.78, 5) is 0. The molecule has 0 aromatic heterocycles. The lowest BCUT2D eigenvalue weighted by Gasteiger charge is -2.31. The summed E-state index contributed by atoms with van der Waals surface area (Å²) in [6, 6.07) is 8.72. The van der Waals surface area contributed by atoms with E-state index in [0.717, 1.165) is 27.8 Å². The van der Waals surface area contributed by atoms with Crippen LogP contribution >= 0.6 is 0 Å². The number of aryl methyl sites for hydroxylation is 6. The lowest BCUT2D eigenvalue weighted by atomic mass is 9.64. The van der Waals surface area contributed by atoms with Crippen LogP contribution in [-0.2, 0) is 14.0 Å². The molecule has 0 atom stereocenters. The minimum absolute atomic E-state index is 0.173. The van der Waals surface area contributed by atoms with Gasteiger partial charge in [-0.05, 0) is 92.4 Å². The predicted octanol–water partition coefficient (Wildman–Crippen LogP) is 3.87. The molecule has 1 fully saturated rings. The maximum absolute atomic E-state index is 8.55. The predicted molar refractivity (Wildman–Crippen MR) is 136 cm³/mol. The lowest BCUT2D eigenvalue weighted by Crippen LogP contribution is -2.42. The molecule has 0 aliphatic carbocycles. The molecule has 3 rings (SSSR count). The number of benzene rings is 2. The fourth-order valence-electron chi connectivity index (χ4n) is 4.89. The molecule has 0 amide bonds. The number of rotatable bonds is 5. The number of hydrogen-bond donors (Lipinski definition) is 0. The van der Waals surface area contributed by atoms with E-state index in [4.69, 9.17) is 19.1 Å². The lowest BCUT2D eigenvalue weighted by molar-refractivity contribution is 0.00578. The molecular weight excluding hydrogens is 400 g/mol. The topological polar surface area (TPSA) is 50.6 Å². The molecule has 1 heterocycles. The Labute approximate surface area is 194 Å². The van der Waals surface area contributed by atoms with Gasteiger partial charge in [0.15, 0.2) is 0 Å². The molecule has 6 heteroatoms. The second kappa shape index (κ2) is 8.81. The Kier molecular flexibility index (Phi) is 6.82. The van der Waals surface area contributed by atoms with Crippen molar-refractivity contribution >= 4 is 24.8 Å². The Morgan fingerprint density at radius 1 is 0.812 bits per heavy atom. The van der Waals surface area contributed by atoms with Crippen LogP contribution in [0.5, 0.6) is 0 Å². The highest BCUT2D eigenvalue weighted by atomic mass is 16.8. The first-order valence-corrected chi connectivity index (χ1v) is 11.5. The van der Waals surface area contributed by atoms with Crippen molar-refractivity contribution in [1.29, 1.82) is 0 Å². The van der Waals surface area contributed by atoms with E-state index in [1.807, 2.05) is 27.7 Å². The van der Waals surface area contributed by atoms with Gasteiger partial charge in [0, 0.05) is 6.35 Å². The second-order valence-corrected chi connectivity index (χ2v) is 10.4. The fraction of sp³-hybridized carbons (Fsp3) is 0.500. The first-order chi connectivity index (χ1) is 14.8. The summed E-state index contributed by atoms with van der Waals surface area (Å²) in [5, 5.41) is 8.55. The molecule has 0 radical (unpaired) electrons. The van der Waals surface area contributed by atoms with E-state index in [0.29, 0.717) is 0 Å². The zero-order valence-electron chi connectivity index (χ0n) is 21.4. The van der Waals surface area contributed by atoms with Crippen molar-refractivity contribution in [2.75, 3.05) is 6.51 Å². The van der Waals surface area contributed by atoms with Crippen molar-refractivity contribution in [3.8, 4) is 0 Å². The molecule has 0 spiro atoms. The van der Waals surface area contributed by atoms with E-state index < -0.39 is 18.5 Å². The van der Waals surface area contributed by atoms with Crippen molar-refractivity contribution in [1.82, 2.24) is 0 Å². The summed E-state index contributed by atoms with van der Waals surface area (Å²) < 4.78 is 19.0. The van der Waals surface area contributed by atoms with Gasteiger partial charge in [0.2, 0.25) is 0 Å². The summed E-state index contributed by atoms with van der Waals surface area (Å²) >= 11 is 0. The first-order valence-electron chi connectivity index (χ1n) is 11.5. The zero-order valence-corrected chi connectivity index (χ0v) is 21.4. The highest BCUT2D eigenvalue weighted by Gasteiger charge is 2.54. The van der Waals surface area contributed by atoms with E-state index in [1.165, 1.54) is 22.3 Å². The highest BCUT2D eigenvalue weighted by Crippen LogP contribution is 2.37. The van der Waals surface area contributed by atoms with Crippen LogP contribution < -0.4 is 5.46 Å². The summed E-state index contributed by atoms with van der Waals surface area (Å²) in [5.74, 6) is 0.